The smallest absolute Gasteiger partial charge is 0.244 e. The number of amides is 2. The third-order valence-electron chi connectivity index (χ3n) is 5.04. The van der Waals surface area contributed by atoms with Crippen molar-refractivity contribution in [2.24, 2.45) is 0 Å². The number of sulfonamides is 1. The maximum absolute atomic E-state index is 13.5. The summed E-state index contributed by atoms with van der Waals surface area (Å²) >= 11 is 3.39. The molecule has 0 heterocycles. The molecule has 2 rings (SSSR count). The van der Waals surface area contributed by atoms with Crippen LogP contribution in [0.5, 0.6) is 0 Å². The summed E-state index contributed by atoms with van der Waals surface area (Å²) in [5.41, 5.74) is 1.23. The first-order chi connectivity index (χ1) is 15.6. The zero-order valence-electron chi connectivity index (χ0n) is 20.2. The highest BCUT2D eigenvalue weighted by Gasteiger charge is 2.31. The van der Waals surface area contributed by atoms with Gasteiger partial charge in [0.05, 0.1) is 11.9 Å². The first kappa shape index (κ1) is 27.8. The van der Waals surface area contributed by atoms with E-state index in [9.17, 15) is 22.4 Å². The van der Waals surface area contributed by atoms with E-state index in [1.54, 1.807) is 25.1 Å². The first-order valence-electron chi connectivity index (χ1n) is 10.7. The third kappa shape index (κ3) is 7.80. The average molecular weight is 556 g/mol. The van der Waals surface area contributed by atoms with E-state index < -0.39 is 39.9 Å². The largest absolute Gasteiger partial charge is 0.350 e. The third-order valence-corrected chi connectivity index (χ3v) is 7.07. The number of hydrogen-bond donors (Lipinski definition) is 1. The molecule has 0 fully saturated rings. The lowest BCUT2D eigenvalue weighted by molar-refractivity contribution is -0.140. The van der Waals surface area contributed by atoms with Crippen molar-refractivity contribution in [1.29, 1.82) is 0 Å². The van der Waals surface area contributed by atoms with Crippen molar-refractivity contribution >= 4 is 43.5 Å². The Morgan fingerprint density at radius 3 is 2.21 bits per heavy atom. The van der Waals surface area contributed by atoms with E-state index >= 15 is 0 Å². The van der Waals surface area contributed by atoms with Crippen molar-refractivity contribution in [2.75, 3.05) is 17.1 Å². The summed E-state index contributed by atoms with van der Waals surface area (Å²) < 4.78 is 40.4. The van der Waals surface area contributed by atoms with Crippen LogP contribution in [0.15, 0.2) is 46.9 Å². The van der Waals surface area contributed by atoms with Gasteiger partial charge in [-0.1, -0.05) is 28.1 Å². The molecule has 1 atom stereocenters. The van der Waals surface area contributed by atoms with Crippen LogP contribution in [0.1, 0.15) is 38.8 Å². The molecule has 2 aromatic rings. The van der Waals surface area contributed by atoms with Gasteiger partial charge < -0.3 is 10.2 Å². The van der Waals surface area contributed by atoms with Crippen LogP contribution in [0.4, 0.5) is 10.1 Å². The van der Waals surface area contributed by atoms with Crippen molar-refractivity contribution in [2.45, 2.75) is 52.7 Å². The monoisotopic (exact) mass is 555 g/mol. The van der Waals surface area contributed by atoms with Crippen molar-refractivity contribution in [3.63, 3.8) is 0 Å². The summed E-state index contributed by atoms with van der Waals surface area (Å²) in [5.74, 6) is -1.37. The zero-order valence-corrected chi connectivity index (χ0v) is 22.6. The number of aryl methyl sites for hydroxylation is 1. The number of nitrogens with one attached hydrogen (secondary N) is 1. The van der Waals surface area contributed by atoms with Crippen LogP contribution in [0.2, 0.25) is 0 Å². The standard InChI is InChI=1S/C24H31BrFN3O4S/c1-16-13-20(11-12-21(16)25)29(34(6,32)33)15-22(30)28(14-18-7-9-19(26)10-8-18)17(2)23(31)27-24(3,4)5/h7-13,17H,14-15H2,1-6H3,(H,27,31)/t17-/m0/s1. The lowest BCUT2D eigenvalue weighted by Crippen LogP contribution is -2.54. The molecule has 0 spiro atoms. The summed E-state index contributed by atoms with van der Waals surface area (Å²) in [6.45, 7) is 8.39. The minimum Gasteiger partial charge on any atom is -0.350 e. The normalized spacial score (nSPS) is 12.7. The molecule has 0 aliphatic rings. The quantitative estimate of drug-likeness (QED) is 0.533. The second kappa shape index (κ2) is 10.9. The molecule has 0 saturated carbocycles. The Hall–Kier alpha value is -2.46. The first-order valence-corrected chi connectivity index (χ1v) is 13.3. The summed E-state index contributed by atoms with van der Waals surface area (Å²) in [4.78, 5) is 27.7. The predicted octanol–water partition coefficient (Wildman–Crippen LogP) is 3.99. The van der Waals surface area contributed by atoms with Crippen LogP contribution in [0.3, 0.4) is 0 Å². The topological polar surface area (TPSA) is 86.8 Å². The highest BCUT2D eigenvalue weighted by Crippen LogP contribution is 2.25. The zero-order chi connectivity index (χ0) is 25.8. The van der Waals surface area contributed by atoms with Gasteiger partial charge in [-0.25, -0.2) is 12.8 Å². The number of halogens is 2. The van der Waals surface area contributed by atoms with Crippen LogP contribution in [-0.4, -0.2) is 49.5 Å². The molecule has 0 aliphatic carbocycles. The van der Waals surface area contributed by atoms with Gasteiger partial charge in [-0.2, -0.15) is 0 Å². The summed E-state index contributed by atoms with van der Waals surface area (Å²) in [5, 5.41) is 2.85. The van der Waals surface area contributed by atoms with Gasteiger partial charge in [0.15, 0.2) is 0 Å². The number of carbonyl (C=O) groups excluding carboxylic acids is 2. The van der Waals surface area contributed by atoms with E-state index in [0.717, 1.165) is 20.6 Å². The van der Waals surface area contributed by atoms with Crippen molar-refractivity contribution in [1.82, 2.24) is 10.2 Å². The van der Waals surface area contributed by atoms with Crippen LogP contribution in [-0.2, 0) is 26.2 Å². The number of anilines is 1. The highest BCUT2D eigenvalue weighted by molar-refractivity contribution is 9.10. The maximum Gasteiger partial charge on any atom is 0.244 e. The van der Waals surface area contributed by atoms with Gasteiger partial charge >= 0.3 is 0 Å². The molecule has 1 N–H and O–H groups in total. The summed E-state index contributed by atoms with van der Waals surface area (Å²) in [7, 11) is -3.81. The molecule has 0 unspecified atom stereocenters. The van der Waals surface area contributed by atoms with Crippen LogP contribution in [0, 0.1) is 12.7 Å². The van der Waals surface area contributed by atoms with Gasteiger partial charge in [-0.3, -0.25) is 13.9 Å². The molecule has 7 nitrogen and oxygen atoms in total. The fourth-order valence-corrected chi connectivity index (χ4v) is 4.33. The number of nitrogens with zero attached hydrogens (tertiary/aromatic N) is 2. The van der Waals surface area contributed by atoms with Gasteiger partial charge in [-0.15, -0.1) is 0 Å². The van der Waals surface area contributed by atoms with E-state index in [1.165, 1.54) is 29.2 Å². The van der Waals surface area contributed by atoms with Gasteiger partial charge in [-0.05, 0) is 76.1 Å². The number of carbonyl (C=O) groups is 2. The lowest BCUT2D eigenvalue weighted by atomic mass is 10.1. The van der Waals surface area contributed by atoms with Crippen molar-refractivity contribution in [3.05, 3.63) is 63.9 Å². The Bertz CT molecular complexity index is 1150. The molecule has 0 saturated heterocycles. The molecule has 2 aromatic carbocycles. The van der Waals surface area contributed by atoms with Crippen LogP contribution < -0.4 is 9.62 Å². The van der Waals surface area contributed by atoms with Crippen LogP contribution >= 0.6 is 15.9 Å². The number of rotatable bonds is 8. The molecular weight excluding hydrogens is 525 g/mol. The second-order valence-electron chi connectivity index (χ2n) is 9.27. The Kier molecular flexibility index (Phi) is 8.87. The second-order valence-corrected chi connectivity index (χ2v) is 12.0. The van der Waals surface area contributed by atoms with Crippen molar-refractivity contribution < 1.29 is 22.4 Å². The minimum atomic E-state index is -3.81. The Morgan fingerprint density at radius 1 is 1.12 bits per heavy atom. The van der Waals surface area contributed by atoms with E-state index in [2.05, 4.69) is 21.2 Å². The van der Waals surface area contributed by atoms with Crippen molar-refractivity contribution in [3.8, 4) is 0 Å². The minimum absolute atomic E-state index is 0.00874. The molecule has 0 bridgehead atoms. The fraction of sp³-hybridized carbons (Fsp3) is 0.417. The van der Waals surface area contributed by atoms with E-state index in [1.807, 2.05) is 27.7 Å². The van der Waals surface area contributed by atoms with Gasteiger partial charge in [0, 0.05) is 16.6 Å². The Morgan fingerprint density at radius 2 is 1.71 bits per heavy atom. The maximum atomic E-state index is 13.5. The molecular formula is C24H31BrFN3O4S. The number of benzene rings is 2. The molecule has 34 heavy (non-hydrogen) atoms. The lowest BCUT2D eigenvalue weighted by Gasteiger charge is -2.33. The number of hydrogen-bond acceptors (Lipinski definition) is 4. The van der Waals surface area contributed by atoms with E-state index in [4.69, 9.17) is 0 Å². The van der Waals surface area contributed by atoms with E-state index in [-0.39, 0.29) is 12.5 Å². The fourth-order valence-electron chi connectivity index (χ4n) is 3.24. The van der Waals surface area contributed by atoms with Gasteiger partial charge in [0.25, 0.3) is 0 Å². The van der Waals surface area contributed by atoms with Crippen LogP contribution in [0.25, 0.3) is 0 Å². The molecule has 0 aliphatic heterocycles. The molecule has 2 amide bonds. The van der Waals surface area contributed by atoms with Gasteiger partial charge in [0.1, 0.15) is 18.4 Å². The van der Waals surface area contributed by atoms with E-state index in [0.29, 0.717) is 11.3 Å². The highest BCUT2D eigenvalue weighted by atomic mass is 79.9. The molecule has 0 aromatic heterocycles. The summed E-state index contributed by atoms with van der Waals surface area (Å²) in [6.07, 6.45) is 1.03. The molecule has 10 heteroatoms. The predicted molar refractivity (Wildman–Crippen MR) is 135 cm³/mol. The molecule has 0 radical (unpaired) electrons. The Labute approximate surface area is 209 Å². The Balaban J connectivity index is 2.41. The summed E-state index contributed by atoms with van der Waals surface area (Å²) in [6, 6.07) is 9.67. The molecule has 186 valence electrons. The average Bonchev–Trinajstić information content (AvgIpc) is 2.71. The van der Waals surface area contributed by atoms with Gasteiger partial charge in [0.2, 0.25) is 21.8 Å². The SMILES string of the molecule is Cc1cc(N(CC(=O)N(Cc2ccc(F)cc2)[C@@H](C)C(=O)NC(C)(C)C)S(C)(=O)=O)ccc1Br.